The second-order valence-corrected chi connectivity index (χ2v) is 6.85. The van der Waals surface area contributed by atoms with Crippen molar-refractivity contribution in [3.05, 3.63) is 64.4 Å². The average molecular weight is 352 g/mol. The maximum atomic E-state index is 11.1. The van der Waals surface area contributed by atoms with E-state index in [0.717, 1.165) is 53.0 Å². The van der Waals surface area contributed by atoms with Gasteiger partial charge in [-0.15, -0.1) is 0 Å². The molecule has 3 aromatic rings. The van der Waals surface area contributed by atoms with Crippen LogP contribution < -0.4 is 4.90 Å². The van der Waals surface area contributed by atoms with Crippen molar-refractivity contribution >= 4 is 34.6 Å². The van der Waals surface area contributed by atoms with Gasteiger partial charge in [-0.3, -0.25) is 4.79 Å². The zero-order chi connectivity index (χ0) is 17.4. The van der Waals surface area contributed by atoms with Gasteiger partial charge < -0.3 is 4.90 Å². The van der Waals surface area contributed by atoms with Crippen molar-refractivity contribution in [3.63, 3.8) is 0 Å². The van der Waals surface area contributed by atoms with Crippen molar-refractivity contribution in [2.24, 2.45) is 0 Å². The molecule has 1 aliphatic heterocycles. The number of anilines is 1. The Hall–Kier alpha value is -2.46. The summed E-state index contributed by atoms with van der Waals surface area (Å²) in [6.45, 7) is 2.93. The number of halogens is 1. The van der Waals surface area contributed by atoms with Crippen LogP contribution in [0.1, 0.15) is 40.5 Å². The van der Waals surface area contributed by atoms with Crippen molar-refractivity contribution in [2.45, 2.75) is 25.8 Å². The largest absolute Gasteiger partial charge is 0.349 e. The molecule has 1 atom stereocenters. The number of carbonyl (C=O) groups excluding carboxylic acids is 1. The SMILES string of the molecule is Cc1cnc(N2CCCC2c2ccc(Cl)cc2)c2ccc(C=O)nc12. The number of aromatic nitrogens is 2. The van der Waals surface area contributed by atoms with Gasteiger partial charge in [-0.1, -0.05) is 23.7 Å². The molecule has 5 heteroatoms. The molecular weight excluding hydrogens is 334 g/mol. The van der Waals surface area contributed by atoms with Crippen molar-refractivity contribution in [3.8, 4) is 0 Å². The minimum atomic E-state index is 0.279. The fraction of sp³-hybridized carbons (Fsp3) is 0.250. The zero-order valence-corrected chi connectivity index (χ0v) is 14.7. The summed E-state index contributed by atoms with van der Waals surface area (Å²) in [5, 5.41) is 1.74. The molecule has 0 saturated carbocycles. The lowest BCUT2D eigenvalue weighted by molar-refractivity contribution is 0.111. The van der Waals surface area contributed by atoms with E-state index in [1.807, 2.05) is 31.3 Å². The van der Waals surface area contributed by atoms with E-state index < -0.39 is 0 Å². The third-order valence-corrected chi connectivity index (χ3v) is 5.06. The normalized spacial score (nSPS) is 17.2. The van der Waals surface area contributed by atoms with E-state index in [0.29, 0.717) is 5.69 Å². The quantitative estimate of drug-likeness (QED) is 0.639. The second kappa shape index (κ2) is 6.45. The maximum Gasteiger partial charge on any atom is 0.168 e. The number of nitrogens with zero attached hydrogens (tertiary/aromatic N) is 3. The van der Waals surface area contributed by atoms with Crippen LogP contribution >= 0.6 is 11.6 Å². The average Bonchev–Trinajstić information content (AvgIpc) is 3.12. The van der Waals surface area contributed by atoms with E-state index >= 15 is 0 Å². The van der Waals surface area contributed by atoms with Crippen molar-refractivity contribution in [1.29, 1.82) is 0 Å². The van der Waals surface area contributed by atoms with Crippen molar-refractivity contribution < 1.29 is 4.79 Å². The number of hydrogen-bond acceptors (Lipinski definition) is 4. The summed E-state index contributed by atoms with van der Waals surface area (Å²) in [5.41, 5.74) is 3.51. The van der Waals surface area contributed by atoms with Crippen LogP contribution in [0.25, 0.3) is 10.9 Å². The van der Waals surface area contributed by atoms with Crippen LogP contribution in [0.2, 0.25) is 5.02 Å². The summed E-state index contributed by atoms with van der Waals surface area (Å²) in [7, 11) is 0. The lowest BCUT2D eigenvalue weighted by Crippen LogP contribution is -2.24. The molecule has 4 nitrogen and oxygen atoms in total. The van der Waals surface area contributed by atoms with Gasteiger partial charge >= 0.3 is 0 Å². The molecule has 126 valence electrons. The van der Waals surface area contributed by atoms with Crippen LogP contribution in [-0.2, 0) is 0 Å². The molecule has 0 aliphatic carbocycles. The Balaban J connectivity index is 1.81. The fourth-order valence-corrected chi connectivity index (χ4v) is 3.72. The Morgan fingerprint density at radius 1 is 1.20 bits per heavy atom. The molecule has 1 fully saturated rings. The van der Waals surface area contributed by atoms with Gasteiger partial charge in [0.1, 0.15) is 11.5 Å². The highest BCUT2D eigenvalue weighted by atomic mass is 35.5. The molecule has 0 radical (unpaired) electrons. The Morgan fingerprint density at radius 2 is 2.00 bits per heavy atom. The topological polar surface area (TPSA) is 46.1 Å². The van der Waals surface area contributed by atoms with Crippen LogP contribution in [0.4, 0.5) is 5.82 Å². The van der Waals surface area contributed by atoms with Crippen LogP contribution in [0.5, 0.6) is 0 Å². The second-order valence-electron chi connectivity index (χ2n) is 6.42. The Bertz CT molecular complexity index is 940. The molecule has 1 aliphatic rings. The van der Waals surface area contributed by atoms with Crippen LogP contribution in [0, 0.1) is 6.92 Å². The first-order valence-electron chi connectivity index (χ1n) is 8.41. The molecule has 0 bridgehead atoms. The highest BCUT2D eigenvalue weighted by Crippen LogP contribution is 2.38. The number of aryl methyl sites for hydroxylation is 1. The number of pyridine rings is 2. The Labute approximate surface area is 151 Å². The van der Waals surface area contributed by atoms with Gasteiger partial charge in [-0.05, 0) is 55.2 Å². The third kappa shape index (κ3) is 2.87. The molecular formula is C20H18ClN3O. The molecule has 25 heavy (non-hydrogen) atoms. The minimum Gasteiger partial charge on any atom is -0.349 e. The first-order valence-corrected chi connectivity index (χ1v) is 8.79. The lowest BCUT2D eigenvalue weighted by Gasteiger charge is -2.27. The molecule has 4 rings (SSSR count). The number of benzene rings is 1. The smallest absolute Gasteiger partial charge is 0.168 e. The Morgan fingerprint density at radius 3 is 2.76 bits per heavy atom. The van der Waals surface area contributed by atoms with Gasteiger partial charge in [-0.2, -0.15) is 0 Å². The van der Waals surface area contributed by atoms with E-state index in [-0.39, 0.29) is 6.04 Å². The first-order chi connectivity index (χ1) is 12.2. The number of hydrogen-bond donors (Lipinski definition) is 0. The summed E-state index contributed by atoms with van der Waals surface area (Å²) in [5.74, 6) is 0.933. The molecule has 0 spiro atoms. The molecule has 0 N–H and O–H groups in total. The third-order valence-electron chi connectivity index (χ3n) is 4.81. The van der Waals surface area contributed by atoms with Gasteiger partial charge in [0, 0.05) is 23.2 Å². The summed E-state index contributed by atoms with van der Waals surface area (Å²) in [4.78, 5) is 22.6. The van der Waals surface area contributed by atoms with E-state index in [2.05, 4.69) is 22.0 Å². The predicted molar refractivity (Wildman–Crippen MR) is 100 cm³/mol. The van der Waals surface area contributed by atoms with Crippen molar-refractivity contribution in [2.75, 3.05) is 11.4 Å². The van der Waals surface area contributed by atoms with E-state index in [1.165, 1.54) is 5.56 Å². The van der Waals surface area contributed by atoms with Gasteiger partial charge in [0.15, 0.2) is 6.29 Å². The number of fused-ring (bicyclic) bond motifs is 1. The Kier molecular flexibility index (Phi) is 4.14. The molecule has 1 aromatic carbocycles. The van der Waals surface area contributed by atoms with Crippen molar-refractivity contribution in [1.82, 2.24) is 9.97 Å². The first kappa shape index (κ1) is 16.0. The number of rotatable bonds is 3. The summed E-state index contributed by atoms with van der Waals surface area (Å²) in [6, 6.07) is 12.0. The van der Waals surface area contributed by atoms with E-state index in [1.54, 1.807) is 6.07 Å². The molecule has 1 saturated heterocycles. The predicted octanol–water partition coefficient (Wildman–Crippen LogP) is 4.75. The molecule has 1 unspecified atom stereocenters. The minimum absolute atomic E-state index is 0.279. The van der Waals surface area contributed by atoms with Crippen LogP contribution in [-0.4, -0.2) is 22.8 Å². The monoisotopic (exact) mass is 351 g/mol. The summed E-state index contributed by atoms with van der Waals surface area (Å²) in [6.07, 6.45) is 4.82. The van der Waals surface area contributed by atoms with E-state index in [9.17, 15) is 4.79 Å². The lowest BCUT2D eigenvalue weighted by atomic mass is 10.0. The van der Waals surface area contributed by atoms with E-state index in [4.69, 9.17) is 16.6 Å². The van der Waals surface area contributed by atoms with Crippen LogP contribution in [0.3, 0.4) is 0 Å². The van der Waals surface area contributed by atoms with Crippen LogP contribution in [0.15, 0.2) is 42.6 Å². The maximum absolute atomic E-state index is 11.1. The van der Waals surface area contributed by atoms with Gasteiger partial charge in [-0.25, -0.2) is 9.97 Å². The highest BCUT2D eigenvalue weighted by Gasteiger charge is 2.28. The van der Waals surface area contributed by atoms with Gasteiger partial charge in [0.2, 0.25) is 0 Å². The highest BCUT2D eigenvalue weighted by molar-refractivity contribution is 6.30. The summed E-state index contributed by atoms with van der Waals surface area (Å²) >= 11 is 6.03. The molecule has 0 amide bonds. The van der Waals surface area contributed by atoms with Gasteiger partial charge in [0.05, 0.1) is 11.6 Å². The molecule has 3 heterocycles. The number of carbonyl (C=O) groups is 1. The standard InChI is InChI=1S/C20H18ClN3O/c1-13-11-22-20(17-9-8-16(12-25)23-19(13)17)24-10-2-3-18(24)14-4-6-15(21)7-5-14/h4-9,11-12,18H,2-3,10H2,1H3. The fourth-order valence-electron chi connectivity index (χ4n) is 3.59. The zero-order valence-electron chi connectivity index (χ0n) is 13.9. The van der Waals surface area contributed by atoms with Gasteiger partial charge in [0.25, 0.3) is 0 Å². The molecule has 2 aromatic heterocycles. The number of aldehydes is 1. The summed E-state index contributed by atoms with van der Waals surface area (Å²) < 4.78 is 0.